The second-order valence-electron chi connectivity index (χ2n) is 4.12. The van der Waals surface area contributed by atoms with Gasteiger partial charge in [0.15, 0.2) is 0 Å². The number of rotatable bonds is 4. The van der Waals surface area contributed by atoms with Gasteiger partial charge in [-0.25, -0.2) is 4.39 Å². The molecule has 0 saturated heterocycles. The normalized spacial score (nSPS) is 10.5. The van der Waals surface area contributed by atoms with Crippen LogP contribution in [0.5, 0.6) is 0 Å². The van der Waals surface area contributed by atoms with E-state index in [1.807, 2.05) is 31.3 Å². The number of hydrogen-bond donors (Lipinski definition) is 1. The lowest BCUT2D eigenvalue weighted by molar-refractivity contribution is 0.614. The molecule has 0 aliphatic heterocycles. The van der Waals surface area contributed by atoms with Crippen molar-refractivity contribution in [3.63, 3.8) is 0 Å². The second kappa shape index (κ2) is 5.60. The average Bonchev–Trinajstić information content (AvgIpc) is 2.33. The van der Waals surface area contributed by atoms with Crippen LogP contribution in [0.4, 0.5) is 4.39 Å². The third-order valence-electron chi connectivity index (χ3n) is 2.72. The Morgan fingerprint density at radius 1 is 1.00 bits per heavy atom. The monoisotopic (exact) mass is 229 g/mol. The van der Waals surface area contributed by atoms with E-state index in [1.165, 1.54) is 11.6 Å². The van der Waals surface area contributed by atoms with Gasteiger partial charge in [0.1, 0.15) is 5.82 Å². The first-order valence-electron chi connectivity index (χ1n) is 5.75. The molecule has 1 nitrogen and oxygen atoms in total. The van der Waals surface area contributed by atoms with E-state index in [1.54, 1.807) is 6.07 Å². The summed E-state index contributed by atoms with van der Waals surface area (Å²) in [5, 5.41) is 3.11. The van der Waals surface area contributed by atoms with E-state index in [2.05, 4.69) is 17.4 Å². The summed E-state index contributed by atoms with van der Waals surface area (Å²) in [4.78, 5) is 0. The van der Waals surface area contributed by atoms with Crippen molar-refractivity contribution in [3.05, 3.63) is 71.0 Å². The third-order valence-corrected chi connectivity index (χ3v) is 2.72. The molecule has 0 saturated carbocycles. The van der Waals surface area contributed by atoms with Gasteiger partial charge < -0.3 is 5.32 Å². The molecule has 0 radical (unpaired) electrons. The fourth-order valence-corrected chi connectivity index (χ4v) is 1.92. The highest BCUT2D eigenvalue weighted by Gasteiger charge is 2.02. The SMILES string of the molecule is CNCc1cccc(Cc2ccccc2F)c1. The highest BCUT2D eigenvalue weighted by Crippen LogP contribution is 2.14. The summed E-state index contributed by atoms with van der Waals surface area (Å²) in [5.41, 5.74) is 3.11. The van der Waals surface area contributed by atoms with Crippen LogP contribution in [-0.4, -0.2) is 7.05 Å². The Hall–Kier alpha value is -1.67. The molecule has 0 amide bonds. The predicted octanol–water partition coefficient (Wildman–Crippen LogP) is 3.14. The van der Waals surface area contributed by atoms with Gasteiger partial charge in [-0.05, 0) is 29.8 Å². The molecule has 2 heteroatoms. The number of nitrogens with one attached hydrogen (secondary N) is 1. The number of halogens is 1. The molecular formula is C15H16FN. The van der Waals surface area contributed by atoms with E-state index in [4.69, 9.17) is 0 Å². The fourth-order valence-electron chi connectivity index (χ4n) is 1.92. The predicted molar refractivity (Wildman–Crippen MR) is 68.4 cm³/mol. The van der Waals surface area contributed by atoms with Gasteiger partial charge in [0.2, 0.25) is 0 Å². The Bertz CT molecular complexity index is 494. The van der Waals surface area contributed by atoms with Crippen molar-refractivity contribution in [2.45, 2.75) is 13.0 Å². The quantitative estimate of drug-likeness (QED) is 0.849. The molecule has 17 heavy (non-hydrogen) atoms. The minimum absolute atomic E-state index is 0.133. The summed E-state index contributed by atoms with van der Waals surface area (Å²) >= 11 is 0. The lowest BCUT2D eigenvalue weighted by Crippen LogP contribution is -2.05. The Labute approximate surface area is 101 Å². The van der Waals surface area contributed by atoms with Crippen LogP contribution in [0.15, 0.2) is 48.5 Å². The van der Waals surface area contributed by atoms with E-state index >= 15 is 0 Å². The topological polar surface area (TPSA) is 12.0 Å². The Morgan fingerprint density at radius 3 is 2.53 bits per heavy atom. The van der Waals surface area contributed by atoms with Gasteiger partial charge in [-0.15, -0.1) is 0 Å². The van der Waals surface area contributed by atoms with Crippen molar-refractivity contribution >= 4 is 0 Å². The van der Waals surface area contributed by atoms with Crippen LogP contribution < -0.4 is 5.32 Å². The zero-order valence-electron chi connectivity index (χ0n) is 9.91. The highest BCUT2D eigenvalue weighted by atomic mass is 19.1. The molecule has 0 bridgehead atoms. The maximum absolute atomic E-state index is 13.5. The first kappa shape index (κ1) is 11.8. The lowest BCUT2D eigenvalue weighted by atomic mass is 10.0. The van der Waals surface area contributed by atoms with Crippen LogP contribution in [-0.2, 0) is 13.0 Å². The first-order chi connectivity index (χ1) is 8.29. The van der Waals surface area contributed by atoms with Crippen molar-refractivity contribution in [1.82, 2.24) is 5.32 Å². The molecule has 0 aliphatic carbocycles. The Balaban J connectivity index is 2.18. The third kappa shape index (κ3) is 3.14. The lowest BCUT2D eigenvalue weighted by Gasteiger charge is -2.06. The molecule has 0 fully saturated rings. The molecule has 0 heterocycles. The van der Waals surface area contributed by atoms with Crippen molar-refractivity contribution < 1.29 is 4.39 Å². The summed E-state index contributed by atoms with van der Waals surface area (Å²) in [6, 6.07) is 15.2. The van der Waals surface area contributed by atoms with Crippen LogP contribution in [0, 0.1) is 5.82 Å². The van der Waals surface area contributed by atoms with E-state index in [0.29, 0.717) is 6.42 Å². The molecule has 0 aromatic heterocycles. The van der Waals surface area contributed by atoms with Gasteiger partial charge >= 0.3 is 0 Å². The minimum atomic E-state index is -0.133. The van der Waals surface area contributed by atoms with Crippen LogP contribution >= 0.6 is 0 Å². The van der Waals surface area contributed by atoms with Gasteiger partial charge in [-0.1, -0.05) is 42.5 Å². The molecule has 0 unspecified atom stereocenters. The molecule has 2 aromatic rings. The van der Waals surface area contributed by atoms with Crippen molar-refractivity contribution in [2.24, 2.45) is 0 Å². The fraction of sp³-hybridized carbons (Fsp3) is 0.200. The van der Waals surface area contributed by atoms with Crippen LogP contribution in [0.25, 0.3) is 0 Å². The molecular weight excluding hydrogens is 213 g/mol. The molecule has 88 valence electrons. The molecule has 2 rings (SSSR count). The molecule has 1 N–H and O–H groups in total. The van der Waals surface area contributed by atoms with Gasteiger partial charge in [-0.3, -0.25) is 0 Å². The highest BCUT2D eigenvalue weighted by molar-refractivity contribution is 5.30. The van der Waals surface area contributed by atoms with Gasteiger partial charge in [0, 0.05) is 13.0 Å². The minimum Gasteiger partial charge on any atom is -0.316 e. The Morgan fingerprint density at radius 2 is 1.76 bits per heavy atom. The number of hydrogen-bond acceptors (Lipinski definition) is 1. The second-order valence-corrected chi connectivity index (χ2v) is 4.12. The largest absolute Gasteiger partial charge is 0.316 e. The van der Waals surface area contributed by atoms with Gasteiger partial charge in [-0.2, -0.15) is 0 Å². The average molecular weight is 229 g/mol. The summed E-state index contributed by atoms with van der Waals surface area (Å²) in [6.45, 7) is 0.838. The van der Waals surface area contributed by atoms with E-state index in [9.17, 15) is 4.39 Å². The maximum atomic E-state index is 13.5. The zero-order chi connectivity index (χ0) is 12.1. The van der Waals surface area contributed by atoms with Crippen molar-refractivity contribution in [1.29, 1.82) is 0 Å². The standard InChI is InChI=1S/C15H16FN/c1-17-11-13-6-4-5-12(9-13)10-14-7-2-3-8-15(14)16/h2-9,17H,10-11H2,1H3. The molecule has 0 spiro atoms. The first-order valence-corrected chi connectivity index (χ1v) is 5.75. The van der Waals surface area contributed by atoms with Crippen LogP contribution in [0.1, 0.15) is 16.7 Å². The summed E-state index contributed by atoms with van der Waals surface area (Å²) in [6.07, 6.45) is 0.643. The molecule has 2 aromatic carbocycles. The summed E-state index contributed by atoms with van der Waals surface area (Å²) in [5.74, 6) is -0.133. The smallest absolute Gasteiger partial charge is 0.126 e. The van der Waals surface area contributed by atoms with Crippen molar-refractivity contribution in [3.8, 4) is 0 Å². The van der Waals surface area contributed by atoms with Gasteiger partial charge in [0.05, 0.1) is 0 Å². The number of benzene rings is 2. The van der Waals surface area contributed by atoms with E-state index in [0.717, 1.165) is 17.7 Å². The molecule has 0 atom stereocenters. The molecule has 0 aliphatic rings. The summed E-state index contributed by atoms with van der Waals surface area (Å²) in [7, 11) is 1.92. The van der Waals surface area contributed by atoms with E-state index in [-0.39, 0.29) is 5.82 Å². The maximum Gasteiger partial charge on any atom is 0.126 e. The summed E-state index contributed by atoms with van der Waals surface area (Å²) < 4.78 is 13.5. The van der Waals surface area contributed by atoms with Crippen LogP contribution in [0.2, 0.25) is 0 Å². The van der Waals surface area contributed by atoms with E-state index < -0.39 is 0 Å². The Kier molecular flexibility index (Phi) is 3.89. The van der Waals surface area contributed by atoms with Gasteiger partial charge in [0.25, 0.3) is 0 Å². The van der Waals surface area contributed by atoms with Crippen molar-refractivity contribution in [2.75, 3.05) is 7.05 Å². The van der Waals surface area contributed by atoms with Crippen LogP contribution in [0.3, 0.4) is 0 Å². The zero-order valence-corrected chi connectivity index (χ0v) is 9.91.